The molecule has 8 rings (SSSR count). The predicted octanol–water partition coefficient (Wildman–Crippen LogP) is 3.50. The summed E-state index contributed by atoms with van der Waals surface area (Å²) in [4.78, 5) is 77.0. The molecular formula is C62H75N4O22P. The van der Waals surface area contributed by atoms with E-state index < -0.39 is 97.5 Å². The number of fused-ring (bicyclic) bond motifs is 3. The lowest BCUT2D eigenvalue weighted by atomic mass is 9.70. The number of carbonyl (C=O) groups is 5. The number of hydrogen-bond acceptors (Lipinski definition) is 21. The molecule has 2 heterocycles. The van der Waals surface area contributed by atoms with Crippen LogP contribution in [0.2, 0.25) is 0 Å². The number of hydrogen-bond donors (Lipinski definition) is 9. The number of benzene rings is 5. The number of rotatable bonds is 28. The molecule has 27 heteroatoms. The number of ether oxygens (including phenoxy) is 7. The highest BCUT2D eigenvalue weighted by Crippen LogP contribution is 2.70. The second kappa shape index (κ2) is 28.8. The van der Waals surface area contributed by atoms with Crippen LogP contribution in [-0.4, -0.2) is 170 Å². The zero-order valence-corrected chi connectivity index (χ0v) is 50.8. The van der Waals surface area contributed by atoms with E-state index in [2.05, 4.69) is 16.0 Å². The molecule has 3 aliphatic rings. The Hall–Kier alpha value is -7.72. The lowest BCUT2D eigenvalue weighted by Crippen LogP contribution is -2.61. The van der Waals surface area contributed by atoms with Crippen LogP contribution in [0.4, 0.5) is 10.5 Å². The summed E-state index contributed by atoms with van der Waals surface area (Å²) in [6, 6.07) is 29.5. The number of aliphatic hydroxyl groups excluding tert-OH is 4. The number of unbranched alkanes of at least 4 members (excludes halogenated alkanes) is 2. The molecule has 2 aliphatic heterocycles. The SMILES string of the molecule is COC(=O)[C@H]1[C@@H](O)[C@@]2(O)c3c(OC)cc(CCCCCNC(=O)OCc4ccc(OC5O[C@H](C(=O)O)[C@@H](O)[C@H](O)[C@H]5O)c(NC(=O)CCNC(=O)c5ccc(COP(=O)([O-])OCC[N+](C)(C)C)cc5)c4)cc3O[C@@]2(c2ccc(OC)cc2)[C@@H]1c1ccccc1. The number of carboxylic acid groups (broad SMARTS) is 1. The van der Waals surface area contributed by atoms with Crippen molar-refractivity contribution in [3.8, 4) is 23.0 Å². The van der Waals surface area contributed by atoms with Gasteiger partial charge in [0, 0.05) is 31.0 Å². The van der Waals surface area contributed by atoms with Gasteiger partial charge in [0.15, 0.2) is 17.3 Å². The number of aliphatic hydroxyl groups is 5. The van der Waals surface area contributed by atoms with Crippen LogP contribution >= 0.6 is 7.82 Å². The molecule has 5 aromatic rings. The monoisotopic (exact) mass is 1260 g/mol. The minimum absolute atomic E-state index is 0.0644. The Kier molecular flexibility index (Phi) is 21.8. The largest absolute Gasteiger partial charge is 0.756 e. The van der Waals surface area contributed by atoms with E-state index in [-0.39, 0.29) is 73.4 Å². The average molecular weight is 1260 g/mol. The Labute approximate surface area is 513 Å². The highest BCUT2D eigenvalue weighted by atomic mass is 31.2. The first-order valence-corrected chi connectivity index (χ1v) is 30.1. The maximum absolute atomic E-state index is 13.7. The molecule has 11 atom stereocenters. The molecule has 1 saturated carbocycles. The maximum atomic E-state index is 13.7. The molecular weight excluding hydrogens is 1180 g/mol. The molecule has 9 N–H and O–H groups in total. The molecule has 1 saturated heterocycles. The summed E-state index contributed by atoms with van der Waals surface area (Å²) in [7, 11) is 5.25. The van der Waals surface area contributed by atoms with E-state index in [1.54, 1.807) is 48.5 Å². The van der Waals surface area contributed by atoms with Gasteiger partial charge in [-0.05, 0) is 95.6 Å². The topological polar surface area (TPSA) is 366 Å². The Morgan fingerprint density at radius 3 is 2.11 bits per heavy atom. The summed E-state index contributed by atoms with van der Waals surface area (Å²) in [5, 5.41) is 74.4. The molecule has 0 bridgehead atoms. The molecule has 5 aromatic carbocycles. The highest BCUT2D eigenvalue weighted by molar-refractivity contribution is 7.45. The Bertz CT molecular complexity index is 3350. The number of phosphoric acid groups is 1. The summed E-state index contributed by atoms with van der Waals surface area (Å²) in [5.74, 6) is -4.98. The normalized spacial score (nSPS) is 24.2. The van der Waals surface area contributed by atoms with Gasteiger partial charge >= 0.3 is 18.0 Å². The molecule has 1 aliphatic carbocycles. The molecule has 2 unspecified atom stereocenters. The number of quaternary nitrogens is 1. The van der Waals surface area contributed by atoms with Crippen molar-refractivity contribution >= 4 is 43.4 Å². The Morgan fingerprint density at radius 2 is 1.45 bits per heavy atom. The number of phosphoric ester groups is 1. The number of esters is 1. The summed E-state index contributed by atoms with van der Waals surface area (Å²) in [5.41, 5.74) is -1.04. The van der Waals surface area contributed by atoms with Gasteiger partial charge < -0.3 is 98.2 Å². The minimum atomic E-state index is -4.59. The molecule has 0 radical (unpaired) electrons. The number of nitrogens with one attached hydrogen (secondary N) is 3. The van der Waals surface area contributed by atoms with Crippen LogP contribution in [0.15, 0.2) is 109 Å². The van der Waals surface area contributed by atoms with Crippen LogP contribution in [0.1, 0.15) is 75.3 Å². The van der Waals surface area contributed by atoms with Crippen molar-refractivity contribution in [2.45, 2.75) is 99.2 Å². The molecule has 89 heavy (non-hydrogen) atoms. The third-order valence-corrected chi connectivity index (χ3v) is 16.6. The number of anilines is 1. The summed E-state index contributed by atoms with van der Waals surface area (Å²) < 4.78 is 62.7. The van der Waals surface area contributed by atoms with Crippen LogP contribution in [-0.2, 0) is 73.0 Å². The van der Waals surface area contributed by atoms with Crippen LogP contribution in [0.5, 0.6) is 23.0 Å². The van der Waals surface area contributed by atoms with E-state index in [1.165, 1.54) is 63.8 Å². The van der Waals surface area contributed by atoms with Crippen molar-refractivity contribution in [1.82, 2.24) is 10.6 Å². The van der Waals surface area contributed by atoms with Gasteiger partial charge in [0.25, 0.3) is 13.7 Å². The second-order valence-electron chi connectivity index (χ2n) is 22.7. The number of alkyl carbamates (subject to hydrolysis) is 1. The molecule has 2 fully saturated rings. The number of carbonyl (C=O) groups excluding carboxylic acids is 4. The van der Waals surface area contributed by atoms with Gasteiger partial charge in [-0.3, -0.25) is 18.9 Å². The van der Waals surface area contributed by atoms with Crippen LogP contribution in [0.25, 0.3) is 0 Å². The van der Waals surface area contributed by atoms with Gasteiger partial charge in [0.1, 0.15) is 67.2 Å². The lowest BCUT2D eigenvalue weighted by molar-refractivity contribution is -0.870. The third kappa shape index (κ3) is 15.3. The van der Waals surface area contributed by atoms with Crippen molar-refractivity contribution in [3.05, 3.63) is 148 Å². The number of likely N-dealkylation sites (N-methyl/N-ethyl adjacent to an activating group) is 1. The van der Waals surface area contributed by atoms with Crippen LogP contribution in [0, 0.1) is 5.92 Å². The molecule has 0 spiro atoms. The van der Waals surface area contributed by atoms with Crippen molar-refractivity contribution in [3.63, 3.8) is 0 Å². The van der Waals surface area contributed by atoms with E-state index in [1.807, 2.05) is 39.3 Å². The first-order valence-electron chi connectivity index (χ1n) is 28.6. The second-order valence-corrected chi connectivity index (χ2v) is 24.1. The van der Waals surface area contributed by atoms with Crippen molar-refractivity contribution in [2.24, 2.45) is 5.92 Å². The Morgan fingerprint density at radius 1 is 0.742 bits per heavy atom. The van der Waals surface area contributed by atoms with E-state index >= 15 is 0 Å². The molecule has 3 amide bonds. The van der Waals surface area contributed by atoms with Crippen molar-refractivity contribution in [2.75, 3.05) is 74.0 Å². The van der Waals surface area contributed by atoms with Gasteiger partial charge in [-0.2, -0.15) is 0 Å². The fraction of sp³-hybridized carbons (Fsp3) is 0.435. The Balaban J connectivity index is 0.865. The standard InChI is InChI=1S/C62H75N4O22P/c1-66(2,3)29-30-84-89(78,79)85-35-36-16-19-40(20-17-36)56(72)63-28-26-47(67)65-43-31-38(18-25-44(43)86-59-53(70)51(68)52(69)54(87-59)57(73)74)34-83-60(76)64-27-12-8-9-13-37-32-45(81-5)50-46(33-37)88-62(41-21-23-42(80-4)24-22-41)49(39-14-10-7-11-15-39)48(58(75)82-6)55(71)61(50,62)77/h7,10-11,14-25,31-33,48-49,51-55,59,68-71,77H,8-9,12-13,26-30,34-35H2,1-6H3,(H4-,63,64,65,67,72,73,74,76,78,79)/t48-,49-,51+,52+,53-,54+,55-,59?,61+,62+/m1/s1. The van der Waals surface area contributed by atoms with Gasteiger partial charge in [-0.25, -0.2) is 9.59 Å². The lowest BCUT2D eigenvalue weighted by Gasteiger charge is -2.40. The molecule has 26 nitrogen and oxygen atoms in total. The summed E-state index contributed by atoms with van der Waals surface area (Å²) in [6.07, 6.45) is -10.3. The zero-order valence-electron chi connectivity index (χ0n) is 49.9. The van der Waals surface area contributed by atoms with Crippen molar-refractivity contribution in [1.29, 1.82) is 0 Å². The fourth-order valence-corrected chi connectivity index (χ4v) is 11.8. The number of aliphatic carboxylic acids is 1. The van der Waals surface area contributed by atoms with E-state index in [0.717, 1.165) is 5.56 Å². The summed E-state index contributed by atoms with van der Waals surface area (Å²) >= 11 is 0. The number of nitrogens with zero attached hydrogens (tertiary/aromatic N) is 1. The van der Waals surface area contributed by atoms with E-state index in [0.29, 0.717) is 64.7 Å². The fourth-order valence-electron chi connectivity index (χ4n) is 11.1. The number of aryl methyl sites for hydroxylation is 1. The zero-order chi connectivity index (χ0) is 64.4. The van der Waals surface area contributed by atoms with Crippen LogP contribution in [0.3, 0.4) is 0 Å². The quantitative estimate of drug-likeness (QED) is 0.0150. The van der Waals surface area contributed by atoms with Crippen molar-refractivity contribution < 1.29 is 111 Å². The van der Waals surface area contributed by atoms with Gasteiger partial charge in [-0.15, -0.1) is 0 Å². The van der Waals surface area contributed by atoms with Gasteiger partial charge in [0.2, 0.25) is 12.2 Å². The number of carboxylic acids is 1. The highest BCUT2D eigenvalue weighted by Gasteiger charge is 2.78. The third-order valence-electron chi connectivity index (χ3n) is 15.7. The van der Waals surface area contributed by atoms with Crippen LogP contribution < -0.4 is 39.8 Å². The van der Waals surface area contributed by atoms with E-state index in [4.69, 9.17) is 42.2 Å². The summed E-state index contributed by atoms with van der Waals surface area (Å²) in [6.45, 7) is -0.243. The minimum Gasteiger partial charge on any atom is -0.756 e. The smallest absolute Gasteiger partial charge is 0.407 e. The maximum Gasteiger partial charge on any atom is 0.407 e. The number of amides is 3. The van der Waals surface area contributed by atoms with Gasteiger partial charge in [0.05, 0.1) is 66.2 Å². The number of methoxy groups -OCH3 is 3. The van der Waals surface area contributed by atoms with E-state index in [9.17, 15) is 64.1 Å². The molecule has 480 valence electrons. The first kappa shape index (κ1) is 67.2. The average Bonchev–Trinajstić information content (AvgIpc) is 1.50. The first-order chi connectivity index (χ1) is 42.3. The van der Waals surface area contributed by atoms with Gasteiger partial charge in [-0.1, -0.05) is 67.1 Å². The molecule has 0 aromatic heterocycles. The predicted molar refractivity (Wildman–Crippen MR) is 313 cm³/mol.